The lowest BCUT2D eigenvalue weighted by Crippen LogP contribution is -3.00. The SMILES string of the molecule is CC[N+](CC)(CC)CCCCCCCCOc1ccc(/C=C/c2ccccc2)cc1.[I-]. The smallest absolute Gasteiger partial charge is 0.119 e. The second-order valence-corrected chi connectivity index (χ2v) is 8.30. The van der Waals surface area contributed by atoms with Crippen LogP contribution < -0.4 is 28.7 Å². The van der Waals surface area contributed by atoms with Crippen LogP contribution in [0.25, 0.3) is 12.2 Å². The van der Waals surface area contributed by atoms with Crippen molar-refractivity contribution >= 4 is 12.2 Å². The number of halogens is 1. The van der Waals surface area contributed by atoms with E-state index < -0.39 is 0 Å². The summed E-state index contributed by atoms with van der Waals surface area (Å²) in [7, 11) is 0. The molecule has 2 nitrogen and oxygen atoms in total. The molecule has 31 heavy (non-hydrogen) atoms. The van der Waals surface area contributed by atoms with Crippen LogP contribution in [0.15, 0.2) is 54.6 Å². The quantitative estimate of drug-likeness (QED) is 0.142. The third-order valence-electron chi connectivity index (χ3n) is 6.46. The molecule has 0 saturated heterocycles. The maximum Gasteiger partial charge on any atom is 0.119 e. The standard InChI is InChI=1S/C28H42NO.HI/c1-4-29(5-2,6-3)24-14-9-7-8-10-15-25-30-28-22-20-27(21-23-28)19-18-26-16-12-11-13-17-26;/h11-13,16-23H,4-10,14-15,24-25H2,1-3H3;1H/q+1;/p-1/b19-18+;. The molecule has 0 unspecified atom stereocenters. The number of quaternary nitrogens is 1. The Morgan fingerprint density at radius 2 is 1.16 bits per heavy atom. The molecule has 0 radical (unpaired) electrons. The zero-order valence-corrected chi connectivity index (χ0v) is 22.0. The largest absolute Gasteiger partial charge is 1.00 e. The molecule has 0 heterocycles. The van der Waals surface area contributed by atoms with E-state index >= 15 is 0 Å². The zero-order valence-electron chi connectivity index (χ0n) is 19.9. The van der Waals surface area contributed by atoms with Gasteiger partial charge in [0.2, 0.25) is 0 Å². The molecule has 0 atom stereocenters. The van der Waals surface area contributed by atoms with Gasteiger partial charge >= 0.3 is 0 Å². The first-order chi connectivity index (χ1) is 14.7. The zero-order chi connectivity index (χ0) is 21.5. The van der Waals surface area contributed by atoms with Crippen molar-refractivity contribution in [3.8, 4) is 5.75 Å². The Labute approximate surface area is 208 Å². The second kappa shape index (κ2) is 16.3. The van der Waals surface area contributed by atoms with Crippen molar-refractivity contribution in [2.75, 3.05) is 32.8 Å². The van der Waals surface area contributed by atoms with Crippen LogP contribution >= 0.6 is 0 Å². The van der Waals surface area contributed by atoms with Gasteiger partial charge in [0.15, 0.2) is 0 Å². The first-order valence-corrected chi connectivity index (χ1v) is 12.0. The second-order valence-electron chi connectivity index (χ2n) is 8.30. The minimum Gasteiger partial charge on any atom is -1.00 e. The molecule has 0 aliphatic rings. The van der Waals surface area contributed by atoms with E-state index in [4.69, 9.17) is 4.74 Å². The van der Waals surface area contributed by atoms with Crippen LogP contribution in [0.2, 0.25) is 0 Å². The van der Waals surface area contributed by atoms with Crippen LogP contribution in [0.1, 0.15) is 70.4 Å². The summed E-state index contributed by atoms with van der Waals surface area (Å²) in [5, 5.41) is 0. The monoisotopic (exact) mass is 535 g/mol. The van der Waals surface area contributed by atoms with Crippen molar-refractivity contribution in [3.63, 3.8) is 0 Å². The predicted molar refractivity (Wildman–Crippen MR) is 132 cm³/mol. The Morgan fingerprint density at radius 1 is 0.645 bits per heavy atom. The molecule has 2 aromatic carbocycles. The van der Waals surface area contributed by atoms with E-state index in [1.807, 2.05) is 6.07 Å². The van der Waals surface area contributed by atoms with Crippen LogP contribution in [-0.4, -0.2) is 37.3 Å². The summed E-state index contributed by atoms with van der Waals surface area (Å²) in [6.07, 6.45) is 12.1. The maximum absolute atomic E-state index is 5.91. The van der Waals surface area contributed by atoms with E-state index in [-0.39, 0.29) is 24.0 Å². The fourth-order valence-corrected chi connectivity index (χ4v) is 4.02. The predicted octanol–water partition coefficient (Wildman–Crippen LogP) is 4.46. The van der Waals surface area contributed by atoms with E-state index in [1.54, 1.807) is 0 Å². The topological polar surface area (TPSA) is 9.23 Å². The lowest BCUT2D eigenvalue weighted by atomic mass is 10.1. The molecule has 0 aliphatic carbocycles. The van der Waals surface area contributed by atoms with Crippen molar-refractivity contribution in [2.45, 2.75) is 59.3 Å². The Kier molecular flexibility index (Phi) is 14.6. The minimum atomic E-state index is 0. The van der Waals surface area contributed by atoms with Crippen molar-refractivity contribution < 1.29 is 33.2 Å². The van der Waals surface area contributed by atoms with Gasteiger partial charge < -0.3 is 33.2 Å². The number of benzene rings is 2. The molecule has 0 aromatic heterocycles. The van der Waals surface area contributed by atoms with Gasteiger partial charge in [0.1, 0.15) is 5.75 Å². The van der Waals surface area contributed by atoms with Gasteiger partial charge in [-0.1, -0.05) is 73.9 Å². The first kappa shape index (κ1) is 27.7. The molecule has 0 N–H and O–H groups in total. The molecule has 2 aromatic rings. The number of unbranched alkanes of at least 4 members (excludes halogenated alkanes) is 5. The molecule has 0 aliphatic heterocycles. The summed E-state index contributed by atoms with van der Waals surface area (Å²) in [6, 6.07) is 18.8. The summed E-state index contributed by atoms with van der Waals surface area (Å²) in [5.74, 6) is 0.972. The average Bonchev–Trinajstić information content (AvgIpc) is 2.81. The first-order valence-electron chi connectivity index (χ1n) is 12.0. The van der Waals surface area contributed by atoms with Gasteiger partial charge in [-0.3, -0.25) is 0 Å². The van der Waals surface area contributed by atoms with Crippen molar-refractivity contribution in [1.29, 1.82) is 0 Å². The van der Waals surface area contributed by atoms with Gasteiger partial charge in [0.25, 0.3) is 0 Å². The lowest BCUT2D eigenvalue weighted by Gasteiger charge is -2.35. The third-order valence-corrected chi connectivity index (χ3v) is 6.46. The van der Waals surface area contributed by atoms with Gasteiger partial charge in [-0.2, -0.15) is 0 Å². The van der Waals surface area contributed by atoms with E-state index in [2.05, 4.69) is 81.5 Å². The molecule has 0 spiro atoms. The minimum absolute atomic E-state index is 0. The van der Waals surface area contributed by atoms with Crippen molar-refractivity contribution in [1.82, 2.24) is 0 Å². The number of ether oxygens (including phenoxy) is 1. The van der Waals surface area contributed by atoms with Crippen molar-refractivity contribution in [3.05, 3.63) is 65.7 Å². The van der Waals surface area contributed by atoms with Crippen molar-refractivity contribution in [2.24, 2.45) is 0 Å². The summed E-state index contributed by atoms with van der Waals surface area (Å²) < 4.78 is 7.20. The average molecular weight is 536 g/mol. The van der Waals surface area contributed by atoms with Gasteiger partial charge in [-0.25, -0.2) is 0 Å². The fraction of sp³-hybridized carbons (Fsp3) is 0.500. The number of nitrogens with zero attached hydrogens (tertiary/aromatic N) is 1. The summed E-state index contributed by atoms with van der Waals surface area (Å²) in [5.41, 5.74) is 2.42. The maximum atomic E-state index is 5.91. The van der Waals surface area contributed by atoms with E-state index in [9.17, 15) is 0 Å². The molecule has 0 bridgehead atoms. The van der Waals surface area contributed by atoms with Crippen LogP contribution in [0.5, 0.6) is 5.75 Å². The summed E-state index contributed by atoms with van der Waals surface area (Å²) in [6.45, 7) is 13.0. The van der Waals surface area contributed by atoms with E-state index in [0.717, 1.165) is 18.8 Å². The summed E-state index contributed by atoms with van der Waals surface area (Å²) >= 11 is 0. The normalized spacial score (nSPS) is 11.5. The van der Waals surface area contributed by atoms with Gasteiger partial charge in [0, 0.05) is 0 Å². The van der Waals surface area contributed by atoms with Crippen LogP contribution in [0, 0.1) is 0 Å². The molecular weight excluding hydrogens is 493 g/mol. The van der Waals surface area contributed by atoms with Crippen LogP contribution in [0.4, 0.5) is 0 Å². The highest BCUT2D eigenvalue weighted by atomic mass is 127. The highest BCUT2D eigenvalue weighted by Gasteiger charge is 2.19. The highest BCUT2D eigenvalue weighted by Crippen LogP contribution is 2.16. The molecule has 0 saturated carbocycles. The Morgan fingerprint density at radius 3 is 1.74 bits per heavy atom. The Hall–Kier alpha value is -1.33. The molecule has 0 fully saturated rings. The molecule has 172 valence electrons. The third kappa shape index (κ3) is 10.7. The molecule has 3 heteroatoms. The Bertz CT molecular complexity index is 699. The van der Waals surface area contributed by atoms with Gasteiger partial charge in [-0.15, -0.1) is 0 Å². The van der Waals surface area contributed by atoms with Gasteiger partial charge in [0.05, 0.1) is 32.8 Å². The lowest BCUT2D eigenvalue weighted by molar-refractivity contribution is -0.923. The number of rotatable bonds is 15. The Balaban J connectivity index is 0.00000480. The van der Waals surface area contributed by atoms with E-state index in [1.165, 1.54) is 73.9 Å². The summed E-state index contributed by atoms with van der Waals surface area (Å²) in [4.78, 5) is 0. The van der Waals surface area contributed by atoms with Crippen LogP contribution in [-0.2, 0) is 0 Å². The number of hydrogen-bond acceptors (Lipinski definition) is 1. The van der Waals surface area contributed by atoms with Crippen LogP contribution in [0.3, 0.4) is 0 Å². The highest BCUT2D eigenvalue weighted by molar-refractivity contribution is 5.69. The van der Waals surface area contributed by atoms with Gasteiger partial charge in [-0.05, 0) is 63.3 Å². The number of hydrogen-bond donors (Lipinski definition) is 0. The van der Waals surface area contributed by atoms with E-state index in [0.29, 0.717) is 0 Å². The molecular formula is C28H42INO. The molecule has 2 rings (SSSR count). The fourth-order valence-electron chi connectivity index (χ4n) is 4.02. The molecule has 0 amide bonds.